The van der Waals surface area contributed by atoms with E-state index in [1.165, 1.54) is 96.3 Å². The van der Waals surface area contributed by atoms with Gasteiger partial charge in [0, 0.05) is 0 Å². The summed E-state index contributed by atoms with van der Waals surface area (Å²) in [6, 6.07) is 0. The molecule has 0 heterocycles. The van der Waals surface area contributed by atoms with Gasteiger partial charge in [-0.2, -0.15) is 0 Å². The van der Waals surface area contributed by atoms with Crippen LogP contribution in [0.2, 0.25) is 0 Å². The summed E-state index contributed by atoms with van der Waals surface area (Å²) in [5.41, 5.74) is 0. The summed E-state index contributed by atoms with van der Waals surface area (Å²) < 4.78 is 0. The van der Waals surface area contributed by atoms with Crippen molar-refractivity contribution in [3.63, 3.8) is 0 Å². The van der Waals surface area contributed by atoms with Crippen molar-refractivity contribution in [2.45, 2.75) is 124 Å². The Hall–Kier alpha value is -0.260. The highest BCUT2D eigenvalue weighted by Gasteiger charge is 2.14. The van der Waals surface area contributed by atoms with Crippen LogP contribution in [0.4, 0.5) is 0 Å². The van der Waals surface area contributed by atoms with Gasteiger partial charge in [-0.15, -0.1) is 0 Å². The third-order valence-corrected chi connectivity index (χ3v) is 5.46. The van der Waals surface area contributed by atoms with E-state index in [-0.39, 0.29) is 0 Å². The SMILES string of the molecule is CCCCC=CCCCCC(CCCCCCCC)C(C)CC. The highest BCUT2D eigenvalue weighted by atomic mass is 14.2. The first-order chi connectivity index (χ1) is 11.3. The van der Waals surface area contributed by atoms with Crippen LogP contribution >= 0.6 is 0 Å². The van der Waals surface area contributed by atoms with Crippen molar-refractivity contribution < 1.29 is 0 Å². The highest BCUT2D eigenvalue weighted by molar-refractivity contribution is 4.81. The van der Waals surface area contributed by atoms with E-state index in [1.807, 2.05) is 0 Å². The minimum absolute atomic E-state index is 0.922. The molecule has 0 heteroatoms. The third-order valence-electron chi connectivity index (χ3n) is 5.46. The maximum Gasteiger partial charge on any atom is -0.0351 e. The van der Waals surface area contributed by atoms with Crippen LogP contribution in [-0.4, -0.2) is 0 Å². The van der Waals surface area contributed by atoms with Crippen LogP contribution in [0.3, 0.4) is 0 Å². The van der Waals surface area contributed by atoms with Gasteiger partial charge in [-0.05, 0) is 31.1 Å². The Kier molecular flexibility index (Phi) is 17.9. The summed E-state index contributed by atoms with van der Waals surface area (Å²) in [5.74, 6) is 1.90. The fourth-order valence-corrected chi connectivity index (χ4v) is 3.46. The average Bonchev–Trinajstić information content (AvgIpc) is 2.57. The first kappa shape index (κ1) is 22.7. The van der Waals surface area contributed by atoms with E-state index in [0.29, 0.717) is 0 Å². The molecule has 138 valence electrons. The molecule has 0 aliphatic heterocycles. The third kappa shape index (κ3) is 15.0. The summed E-state index contributed by atoms with van der Waals surface area (Å²) in [4.78, 5) is 0. The summed E-state index contributed by atoms with van der Waals surface area (Å²) in [5, 5.41) is 0. The number of unbranched alkanes of at least 4 members (excludes halogenated alkanes) is 9. The monoisotopic (exact) mass is 322 g/mol. The van der Waals surface area contributed by atoms with Crippen LogP contribution in [-0.2, 0) is 0 Å². The Bertz CT molecular complexity index is 240. The molecule has 23 heavy (non-hydrogen) atoms. The van der Waals surface area contributed by atoms with Crippen LogP contribution in [0.25, 0.3) is 0 Å². The van der Waals surface area contributed by atoms with Crippen LogP contribution in [0.15, 0.2) is 12.2 Å². The molecule has 0 aliphatic carbocycles. The van der Waals surface area contributed by atoms with Gasteiger partial charge in [0.25, 0.3) is 0 Å². The second-order valence-corrected chi connectivity index (χ2v) is 7.60. The van der Waals surface area contributed by atoms with Gasteiger partial charge in [0.2, 0.25) is 0 Å². The van der Waals surface area contributed by atoms with Crippen molar-refractivity contribution in [2.24, 2.45) is 11.8 Å². The normalized spacial score (nSPS) is 14.4. The van der Waals surface area contributed by atoms with E-state index >= 15 is 0 Å². The Labute approximate surface area is 148 Å². The van der Waals surface area contributed by atoms with Gasteiger partial charge in [-0.1, -0.05) is 117 Å². The standard InChI is InChI=1S/C23H46/c1-5-8-10-12-14-15-17-19-21-23(22(4)7-3)20-18-16-13-11-9-6-2/h12,14,22-23H,5-11,13,15-21H2,1-4H3. The minimum Gasteiger partial charge on any atom is -0.0885 e. The molecule has 2 atom stereocenters. The first-order valence-electron chi connectivity index (χ1n) is 10.9. The van der Waals surface area contributed by atoms with Crippen molar-refractivity contribution in [3.8, 4) is 0 Å². The number of rotatable bonds is 17. The van der Waals surface area contributed by atoms with Crippen molar-refractivity contribution in [1.82, 2.24) is 0 Å². The number of allylic oxidation sites excluding steroid dienone is 2. The van der Waals surface area contributed by atoms with Crippen LogP contribution in [0, 0.1) is 11.8 Å². The summed E-state index contributed by atoms with van der Waals surface area (Å²) in [6.07, 6.45) is 25.8. The Morgan fingerprint density at radius 3 is 1.74 bits per heavy atom. The zero-order valence-corrected chi connectivity index (χ0v) is 16.9. The number of hydrogen-bond donors (Lipinski definition) is 0. The minimum atomic E-state index is 0.922. The second-order valence-electron chi connectivity index (χ2n) is 7.60. The maximum atomic E-state index is 2.48. The van der Waals surface area contributed by atoms with Crippen molar-refractivity contribution in [1.29, 1.82) is 0 Å². The smallest absolute Gasteiger partial charge is 0.0351 e. The van der Waals surface area contributed by atoms with E-state index in [9.17, 15) is 0 Å². The molecule has 0 saturated heterocycles. The zero-order chi connectivity index (χ0) is 17.2. The largest absolute Gasteiger partial charge is 0.0885 e. The topological polar surface area (TPSA) is 0 Å². The molecule has 0 saturated carbocycles. The molecule has 0 aromatic carbocycles. The van der Waals surface area contributed by atoms with Crippen LogP contribution in [0.5, 0.6) is 0 Å². The maximum absolute atomic E-state index is 2.48. The molecular formula is C23H46. The van der Waals surface area contributed by atoms with Crippen molar-refractivity contribution in [2.75, 3.05) is 0 Å². The molecule has 0 spiro atoms. The fourth-order valence-electron chi connectivity index (χ4n) is 3.46. The molecule has 0 aromatic rings. The van der Waals surface area contributed by atoms with E-state index in [4.69, 9.17) is 0 Å². The van der Waals surface area contributed by atoms with Crippen molar-refractivity contribution in [3.05, 3.63) is 12.2 Å². The highest BCUT2D eigenvalue weighted by Crippen LogP contribution is 2.27. The van der Waals surface area contributed by atoms with Gasteiger partial charge in [0.15, 0.2) is 0 Å². The predicted octanol–water partition coefficient (Wildman–Crippen LogP) is 8.71. The fraction of sp³-hybridized carbons (Fsp3) is 0.913. The van der Waals surface area contributed by atoms with Gasteiger partial charge in [-0.3, -0.25) is 0 Å². The van der Waals surface area contributed by atoms with Gasteiger partial charge in [0.1, 0.15) is 0 Å². The Morgan fingerprint density at radius 1 is 0.609 bits per heavy atom. The molecule has 2 unspecified atom stereocenters. The van der Waals surface area contributed by atoms with Gasteiger partial charge >= 0.3 is 0 Å². The summed E-state index contributed by atoms with van der Waals surface area (Å²) >= 11 is 0. The molecule has 0 rings (SSSR count). The Morgan fingerprint density at radius 2 is 1.13 bits per heavy atom. The average molecular weight is 323 g/mol. The molecule has 0 amide bonds. The van der Waals surface area contributed by atoms with E-state index < -0.39 is 0 Å². The van der Waals surface area contributed by atoms with Gasteiger partial charge < -0.3 is 0 Å². The lowest BCUT2D eigenvalue weighted by Crippen LogP contribution is -2.11. The van der Waals surface area contributed by atoms with Crippen LogP contribution < -0.4 is 0 Å². The van der Waals surface area contributed by atoms with Crippen LogP contribution in [0.1, 0.15) is 124 Å². The zero-order valence-electron chi connectivity index (χ0n) is 16.9. The molecule has 0 nitrogen and oxygen atoms in total. The molecule has 0 fully saturated rings. The molecular weight excluding hydrogens is 276 g/mol. The summed E-state index contributed by atoms with van der Waals surface area (Å²) in [7, 11) is 0. The molecule has 0 aromatic heterocycles. The van der Waals surface area contributed by atoms with Gasteiger partial charge in [-0.25, -0.2) is 0 Å². The second kappa shape index (κ2) is 18.1. The lowest BCUT2D eigenvalue weighted by atomic mass is 9.83. The lowest BCUT2D eigenvalue weighted by molar-refractivity contribution is 0.289. The molecule has 0 N–H and O–H groups in total. The molecule has 0 aliphatic rings. The molecule has 0 radical (unpaired) electrons. The number of hydrogen-bond acceptors (Lipinski definition) is 0. The van der Waals surface area contributed by atoms with E-state index in [1.54, 1.807) is 0 Å². The summed E-state index contributed by atoms with van der Waals surface area (Å²) in [6.45, 7) is 9.42. The van der Waals surface area contributed by atoms with E-state index in [0.717, 1.165) is 11.8 Å². The molecule has 0 bridgehead atoms. The predicted molar refractivity (Wildman–Crippen MR) is 108 cm³/mol. The quantitative estimate of drug-likeness (QED) is 0.185. The van der Waals surface area contributed by atoms with E-state index in [2.05, 4.69) is 39.8 Å². The van der Waals surface area contributed by atoms with Gasteiger partial charge in [0.05, 0.1) is 0 Å². The lowest BCUT2D eigenvalue weighted by Gasteiger charge is -2.23. The van der Waals surface area contributed by atoms with Crippen molar-refractivity contribution >= 4 is 0 Å². The Balaban J connectivity index is 3.73. The first-order valence-corrected chi connectivity index (χ1v) is 10.9.